The summed E-state index contributed by atoms with van der Waals surface area (Å²) in [7, 11) is 0. The molecule has 2 aromatic rings. The van der Waals surface area contributed by atoms with Crippen molar-refractivity contribution in [3.63, 3.8) is 0 Å². The minimum Gasteiger partial charge on any atom is -0.348 e. The van der Waals surface area contributed by atoms with Gasteiger partial charge in [-0.3, -0.25) is 9.89 Å². The van der Waals surface area contributed by atoms with E-state index in [0.29, 0.717) is 11.6 Å². The summed E-state index contributed by atoms with van der Waals surface area (Å²) in [4.78, 5) is 12.0. The molecular weight excluding hydrogens is 298 g/mol. The molecule has 0 saturated carbocycles. The molecule has 0 aliphatic heterocycles. The van der Waals surface area contributed by atoms with Gasteiger partial charge in [0.25, 0.3) is 5.56 Å². The van der Waals surface area contributed by atoms with Gasteiger partial charge in [0.15, 0.2) is 0 Å². The molecule has 0 aromatic carbocycles. The van der Waals surface area contributed by atoms with Gasteiger partial charge in [-0.15, -0.1) is 0 Å². The summed E-state index contributed by atoms with van der Waals surface area (Å²) in [5.74, 6) is 0.564. The van der Waals surface area contributed by atoms with Gasteiger partial charge in [-0.1, -0.05) is 13.8 Å². The number of hydrogen-bond donors (Lipinski definition) is 1. The molecule has 7 heteroatoms. The van der Waals surface area contributed by atoms with Gasteiger partial charge in [0.2, 0.25) is 4.77 Å². The first-order valence-electron chi connectivity index (χ1n) is 7.20. The predicted molar refractivity (Wildman–Crippen MR) is 90.2 cm³/mol. The van der Waals surface area contributed by atoms with Crippen LogP contribution in [0.25, 0.3) is 0 Å². The highest BCUT2D eigenvalue weighted by Crippen LogP contribution is 2.15. The molecular formula is C15H21N5OS. The maximum atomic E-state index is 12.0. The van der Waals surface area contributed by atoms with Crippen LogP contribution in [0.2, 0.25) is 0 Å². The average Bonchev–Trinajstić information content (AvgIpc) is 2.70. The summed E-state index contributed by atoms with van der Waals surface area (Å²) in [5, 5.41) is 10.7. The first-order valence-corrected chi connectivity index (χ1v) is 7.61. The maximum Gasteiger partial charge on any atom is 0.296 e. The van der Waals surface area contributed by atoms with Gasteiger partial charge in [-0.05, 0) is 45.0 Å². The standard InChI is InChI=1S/C15H21N5OS/c1-9(2)8-19-10(3)6-13(12(19)5)7-16-20-14(21)11(4)17-18-15(20)22/h6-7,9H,8H2,1-5H3,(H,18,22)/b16-7+. The molecule has 0 aliphatic rings. The second-order valence-electron chi connectivity index (χ2n) is 5.81. The highest BCUT2D eigenvalue weighted by Gasteiger charge is 2.09. The zero-order valence-electron chi connectivity index (χ0n) is 13.5. The summed E-state index contributed by atoms with van der Waals surface area (Å²) >= 11 is 5.06. The number of H-pyrrole nitrogens is 1. The number of nitrogens with one attached hydrogen (secondary N) is 1. The third-order valence-corrected chi connectivity index (χ3v) is 3.75. The number of hydrogen-bond acceptors (Lipinski definition) is 4. The molecule has 0 spiro atoms. The molecule has 2 rings (SSSR count). The van der Waals surface area contributed by atoms with Crippen LogP contribution in [0.5, 0.6) is 0 Å². The molecule has 0 amide bonds. The molecule has 0 radical (unpaired) electrons. The van der Waals surface area contributed by atoms with Gasteiger partial charge < -0.3 is 4.57 Å². The van der Waals surface area contributed by atoms with E-state index in [2.05, 4.69) is 53.6 Å². The van der Waals surface area contributed by atoms with Crippen LogP contribution in [0.15, 0.2) is 16.0 Å². The van der Waals surface area contributed by atoms with E-state index < -0.39 is 0 Å². The Balaban J connectivity index is 2.42. The molecule has 0 aliphatic carbocycles. The van der Waals surface area contributed by atoms with Crippen molar-refractivity contribution >= 4 is 18.4 Å². The zero-order valence-corrected chi connectivity index (χ0v) is 14.4. The molecule has 2 heterocycles. The fourth-order valence-corrected chi connectivity index (χ4v) is 2.48. The minimum atomic E-state index is -0.309. The van der Waals surface area contributed by atoms with E-state index in [1.807, 2.05) is 0 Å². The number of aromatic nitrogens is 4. The summed E-state index contributed by atoms with van der Waals surface area (Å²) in [6.07, 6.45) is 1.67. The molecule has 6 nitrogen and oxygen atoms in total. The lowest BCUT2D eigenvalue weighted by atomic mass is 10.2. The molecule has 22 heavy (non-hydrogen) atoms. The average molecular weight is 319 g/mol. The number of rotatable bonds is 4. The van der Waals surface area contributed by atoms with Crippen LogP contribution in [-0.4, -0.2) is 25.7 Å². The van der Waals surface area contributed by atoms with E-state index in [0.717, 1.165) is 22.5 Å². The molecule has 2 aromatic heterocycles. The van der Waals surface area contributed by atoms with Gasteiger partial charge in [-0.25, -0.2) is 0 Å². The number of aromatic amines is 1. The molecule has 118 valence electrons. The van der Waals surface area contributed by atoms with E-state index in [9.17, 15) is 4.79 Å². The van der Waals surface area contributed by atoms with Crippen molar-refractivity contribution in [2.45, 2.75) is 41.2 Å². The largest absolute Gasteiger partial charge is 0.348 e. The lowest BCUT2D eigenvalue weighted by Gasteiger charge is -2.11. The van der Waals surface area contributed by atoms with E-state index >= 15 is 0 Å². The molecule has 0 bridgehead atoms. The number of aryl methyl sites for hydroxylation is 2. The smallest absolute Gasteiger partial charge is 0.296 e. The van der Waals surface area contributed by atoms with Crippen molar-refractivity contribution in [2.24, 2.45) is 11.0 Å². The molecule has 0 saturated heterocycles. The Morgan fingerprint density at radius 2 is 2.09 bits per heavy atom. The SMILES string of the molecule is Cc1n[nH]c(=S)n(/N=C/c2cc(C)n(CC(C)C)c2C)c1=O. The minimum absolute atomic E-state index is 0.183. The van der Waals surface area contributed by atoms with Crippen LogP contribution in [0.3, 0.4) is 0 Å². The fourth-order valence-electron chi connectivity index (χ4n) is 2.30. The Morgan fingerprint density at radius 1 is 1.41 bits per heavy atom. The van der Waals surface area contributed by atoms with Crippen LogP contribution >= 0.6 is 12.2 Å². The second-order valence-corrected chi connectivity index (χ2v) is 6.19. The normalized spacial score (nSPS) is 11.7. The van der Waals surface area contributed by atoms with Crippen molar-refractivity contribution in [2.75, 3.05) is 0 Å². The number of nitrogens with zero attached hydrogens (tertiary/aromatic N) is 4. The van der Waals surface area contributed by atoms with Crippen molar-refractivity contribution < 1.29 is 0 Å². The Hall–Kier alpha value is -2.02. The van der Waals surface area contributed by atoms with Gasteiger partial charge in [-0.2, -0.15) is 14.9 Å². The fraction of sp³-hybridized carbons (Fsp3) is 0.467. The topological polar surface area (TPSA) is 68.0 Å². The van der Waals surface area contributed by atoms with Crippen molar-refractivity contribution in [1.29, 1.82) is 0 Å². The Morgan fingerprint density at radius 3 is 2.73 bits per heavy atom. The summed E-state index contributed by atoms with van der Waals surface area (Å²) in [5.41, 5.74) is 3.31. The van der Waals surface area contributed by atoms with Crippen LogP contribution in [0, 0.1) is 31.5 Å². The van der Waals surface area contributed by atoms with Crippen molar-refractivity contribution in [1.82, 2.24) is 19.4 Å². The lowest BCUT2D eigenvalue weighted by Crippen LogP contribution is -2.22. The molecule has 1 N–H and O–H groups in total. The zero-order chi connectivity index (χ0) is 16.4. The molecule has 0 unspecified atom stereocenters. The predicted octanol–water partition coefficient (Wildman–Crippen LogP) is 2.57. The van der Waals surface area contributed by atoms with E-state index in [-0.39, 0.29) is 10.3 Å². The van der Waals surface area contributed by atoms with Gasteiger partial charge in [0.1, 0.15) is 5.69 Å². The van der Waals surface area contributed by atoms with Crippen molar-refractivity contribution in [3.05, 3.63) is 43.8 Å². The second kappa shape index (κ2) is 6.39. The third-order valence-electron chi connectivity index (χ3n) is 3.49. The summed E-state index contributed by atoms with van der Waals surface area (Å²) < 4.78 is 3.60. The van der Waals surface area contributed by atoms with Gasteiger partial charge in [0.05, 0.1) is 6.21 Å². The van der Waals surface area contributed by atoms with E-state index in [1.54, 1.807) is 13.1 Å². The molecule has 0 fully saturated rings. The monoisotopic (exact) mass is 319 g/mol. The first-order chi connectivity index (χ1) is 10.3. The Kier molecular flexibility index (Phi) is 4.75. The van der Waals surface area contributed by atoms with Crippen molar-refractivity contribution in [3.8, 4) is 0 Å². The van der Waals surface area contributed by atoms with Crippen LogP contribution in [0.4, 0.5) is 0 Å². The first kappa shape index (κ1) is 16.4. The van der Waals surface area contributed by atoms with E-state index in [4.69, 9.17) is 12.2 Å². The third kappa shape index (κ3) is 3.24. The Labute approximate surface area is 134 Å². The maximum absolute atomic E-state index is 12.0. The van der Waals surface area contributed by atoms with Gasteiger partial charge >= 0.3 is 0 Å². The molecule has 0 atom stereocenters. The highest BCUT2D eigenvalue weighted by molar-refractivity contribution is 7.71. The van der Waals surface area contributed by atoms with Crippen LogP contribution < -0.4 is 5.56 Å². The lowest BCUT2D eigenvalue weighted by molar-refractivity contribution is 0.509. The summed E-state index contributed by atoms with van der Waals surface area (Å²) in [6, 6.07) is 2.06. The van der Waals surface area contributed by atoms with Gasteiger partial charge in [0, 0.05) is 23.5 Å². The van der Waals surface area contributed by atoms with Crippen LogP contribution in [-0.2, 0) is 6.54 Å². The quantitative estimate of drug-likeness (QED) is 0.695. The highest BCUT2D eigenvalue weighted by atomic mass is 32.1. The van der Waals surface area contributed by atoms with Crippen LogP contribution in [0.1, 0.15) is 36.5 Å². The summed E-state index contributed by atoms with van der Waals surface area (Å²) in [6.45, 7) is 11.1. The van der Waals surface area contributed by atoms with E-state index in [1.165, 1.54) is 5.69 Å². The Bertz CT molecular complexity index is 825.